The number of halogens is 7. The van der Waals surface area contributed by atoms with Gasteiger partial charge in [-0.1, -0.05) is 51.0 Å². The first-order chi connectivity index (χ1) is 20.3. The minimum absolute atomic E-state index is 0.156. The van der Waals surface area contributed by atoms with Crippen molar-refractivity contribution in [2.45, 2.75) is 70.6 Å². The molecule has 0 aliphatic heterocycles. The molecule has 0 bridgehead atoms. The summed E-state index contributed by atoms with van der Waals surface area (Å²) < 4.78 is 75.3. The summed E-state index contributed by atoms with van der Waals surface area (Å²) in [5.41, 5.74) is 1.26. The number of aromatic nitrogens is 2. The van der Waals surface area contributed by atoms with Crippen molar-refractivity contribution in [3.63, 3.8) is 0 Å². The number of alkyl halides is 7. The standard InChI is InChI=1S/C15H15ClF3NS.C15H14F3NO2S/c1-2-3-4-12-13(9-16)21-14(20-12)10-5-7-11(8-6-10)15(17,18)19;1-2-3-4-11-12(14(20)21)22-13(19-11)9-5-7-10(8-6-9)15(16,17)18/h5-8H,2-4,9H2,1H3;5-8H,2-4H2,1H3,(H,20,21). The van der Waals surface area contributed by atoms with E-state index in [0.29, 0.717) is 34.1 Å². The van der Waals surface area contributed by atoms with E-state index in [9.17, 15) is 36.2 Å². The molecule has 0 radical (unpaired) electrons. The van der Waals surface area contributed by atoms with Crippen LogP contribution in [0.25, 0.3) is 21.1 Å². The van der Waals surface area contributed by atoms with Crippen molar-refractivity contribution in [1.29, 1.82) is 0 Å². The fraction of sp³-hybridized carbons (Fsp3) is 0.367. The third-order valence-electron chi connectivity index (χ3n) is 6.24. The quantitative estimate of drug-likeness (QED) is 0.136. The average Bonchev–Trinajstić information content (AvgIpc) is 3.59. The lowest BCUT2D eigenvalue weighted by molar-refractivity contribution is -0.138. The summed E-state index contributed by atoms with van der Waals surface area (Å²) >= 11 is 8.36. The van der Waals surface area contributed by atoms with Crippen LogP contribution in [0.4, 0.5) is 26.3 Å². The number of nitrogens with zero attached hydrogens (tertiary/aromatic N) is 2. The van der Waals surface area contributed by atoms with Gasteiger partial charge >= 0.3 is 18.3 Å². The zero-order valence-corrected chi connectivity index (χ0v) is 25.7. The maximum absolute atomic E-state index is 12.6. The van der Waals surface area contributed by atoms with Crippen molar-refractivity contribution in [2.75, 3.05) is 0 Å². The summed E-state index contributed by atoms with van der Waals surface area (Å²) in [5, 5.41) is 10.4. The number of thiazole rings is 2. The van der Waals surface area contributed by atoms with Gasteiger partial charge in [0.05, 0.1) is 28.4 Å². The molecule has 0 atom stereocenters. The van der Waals surface area contributed by atoms with Gasteiger partial charge in [-0.25, -0.2) is 14.8 Å². The molecule has 0 aliphatic carbocycles. The highest BCUT2D eigenvalue weighted by Crippen LogP contribution is 2.35. The Labute approximate surface area is 258 Å². The van der Waals surface area contributed by atoms with Crippen molar-refractivity contribution in [3.05, 3.63) is 80.8 Å². The van der Waals surface area contributed by atoms with Crippen molar-refractivity contribution in [2.24, 2.45) is 0 Å². The van der Waals surface area contributed by atoms with Crippen molar-refractivity contribution in [1.82, 2.24) is 9.97 Å². The smallest absolute Gasteiger partial charge is 0.416 e. The molecule has 13 heteroatoms. The molecular weight excluding hydrogens is 634 g/mol. The van der Waals surface area contributed by atoms with Crippen molar-refractivity contribution >= 4 is 40.2 Å². The number of carboxylic acid groups (broad SMARTS) is 1. The minimum Gasteiger partial charge on any atom is -0.477 e. The number of benzene rings is 2. The highest BCUT2D eigenvalue weighted by molar-refractivity contribution is 7.17. The Bertz CT molecular complexity index is 1480. The molecule has 2 aromatic carbocycles. The Morgan fingerprint density at radius 1 is 0.744 bits per heavy atom. The van der Waals surface area contributed by atoms with Crippen LogP contribution in [-0.4, -0.2) is 21.0 Å². The molecule has 0 saturated heterocycles. The molecule has 2 heterocycles. The summed E-state index contributed by atoms with van der Waals surface area (Å²) in [6, 6.07) is 9.68. The maximum atomic E-state index is 12.6. The number of aryl methyl sites for hydroxylation is 2. The number of aromatic carboxylic acids is 1. The number of carboxylic acids is 1. The molecule has 0 aliphatic rings. The Morgan fingerprint density at radius 2 is 1.16 bits per heavy atom. The van der Waals surface area contributed by atoms with E-state index in [1.54, 1.807) is 0 Å². The predicted molar refractivity (Wildman–Crippen MR) is 159 cm³/mol. The summed E-state index contributed by atoms with van der Waals surface area (Å²) in [6.07, 6.45) is -3.47. The molecule has 0 spiro atoms. The lowest BCUT2D eigenvalue weighted by Gasteiger charge is -2.06. The van der Waals surface area contributed by atoms with Gasteiger partial charge in [0, 0.05) is 16.0 Å². The molecule has 2 aromatic heterocycles. The van der Waals surface area contributed by atoms with Crippen LogP contribution in [0.5, 0.6) is 0 Å². The van der Waals surface area contributed by atoms with E-state index in [-0.39, 0.29) is 4.88 Å². The van der Waals surface area contributed by atoms with Gasteiger partial charge in [-0.3, -0.25) is 0 Å². The van der Waals surface area contributed by atoms with Gasteiger partial charge in [-0.15, -0.1) is 34.3 Å². The third kappa shape index (κ3) is 9.51. The van der Waals surface area contributed by atoms with Gasteiger partial charge < -0.3 is 5.11 Å². The van der Waals surface area contributed by atoms with Crippen LogP contribution in [0.15, 0.2) is 48.5 Å². The number of rotatable bonds is 10. The lowest BCUT2D eigenvalue weighted by Crippen LogP contribution is -2.03. The number of hydrogen-bond donors (Lipinski definition) is 1. The molecular formula is C30H29ClF6N2O2S2. The molecule has 0 amide bonds. The van der Waals surface area contributed by atoms with Crippen LogP contribution < -0.4 is 0 Å². The van der Waals surface area contributed by atoms with Gasteiger partial charge in [0.2, 0.25) is 0 Å². The van der Waals surface area contributed by atoms with Crippen LogP contribution in [0.2, 0.25) is 0 Å². The Kier molecular flexibility index (Phi) is 12.2. The van der Waals surface area contributed by atoms with Crippen molar-refractivity contribution in [3.8, 4) is 21.1 Å². The zero-order valence-electron chi connectivity index (χ0n) is 23.3. The fourth-order valence-electron chi connectivity index (χ4n) is 3.91. The summed E-state index contributed by atoms with van der Waals surface area (Å²) in [6.45, 7) is 4.09. The van der Waals surface area contributed by atoms with Crippen LogP contribution in [0.3, 0.4) is 0 Å². The monoisotopic (exact) mass is 662 g/mol. The van der Waals surface area contributed by atoms with Gasteiger partial charge in [0.1, 0.15) is 14.9 Å². The topological polar surface area (TPSA) is 63.1 Å². The fourth-order valence-corrected chi connectivity index (χ4v) is 6.15. The SMILES string of the molecule is CCCCc1nc(-c2ccc(C(F)(F)F)cc2)sc1C(=O)O.CCCCc1nc(-c2ccc(C(F)(F)F)cc2)sc1CCl. The highest BCUT2D eigenvalue weighted by atomic mass is 35.5. The first-order valence-electron chi connectivity index (χ1n) is 13.4. The Balaban J connectivity index is 0.000000236. The first kappa shape index (κ1) is 34.5. The third-order valence-corrected chi connectivity index (χ3v) is 8.95. The van der Waals surface area contributed by atoms with Gasteiger partial charge in [-0.05, 0) is 49.9 Å². The van der Waals surface area contributed by atoms with E-state index in [4.69, 9.17) is 11.6 Å². The molecule has 4 rings (SSSR count). The normalized spacial score (nSPS) is 11.7. The van der Waals surface area contributed by atoms with Crippen LogP contribution >= 0.6 is 34.3 Å². The van der Waals surface area contributed by atoms with Crippen LogP contribution in [0, 0.1) is 0 Å². The number of hydrogen-bond acceptors (Lipinski definition) is 5. The lowest BCUT2D eigenvalue weighted by atomic mass is 10.1. The highest BCUT2D eigenvalue weighted by Gasteiger charge is 2.31. The number of unbranched alkanes of at least 4 members (excludes halogenated alkanes) is 2. The predicted octanol–water partition coefficient (Wildman–Crippen LogP) is 10.8. The largest absolute Gasteiger partial charge is 0.477 e. The van der Waals surface area contributed by atoms with Crippen LogP contribution in [-0.2, 0) is 31.1 Å². The van der Waals surface area contributed by atoms with Crippen LogP contribution in [0.1, 0.15) is 76.6 Å². The van der Waals surface area contributed by atoms with Gasteiger partial charge in [0.15, 0.2) is 0 Å². The second-order valence-corrected chi connectivity index (χ2v) is 11.8. The first-order valence-corrected chi connectivity index (χ1v) is 15.6. The molecule has 1 N–H and O–H groups in total. The maximum Gasteiger partial charge on any atom is 0.416 e. The second kappa shape index (κ2) is 15.2. The average molecular weight is 663 g/mol. The second-order valence-electron chi connectivity index (χ2n) is 9.48. The molecule has 0 saturated carbocycles. The van der Waals surface area contributed by atoms with E-state index in [1.807, 2.05) is 6.92 Å². The van der Waals surface area contributed by atoms with E-state index in [2.05, 4.69) is 16.9 Å². The molecule has 4 aromatic rings. The van der Waals surface area contributed by atoms with E-state index >= 15 is 0 Å². The summed E-state index contributed by atoms with van der Waals surface area (Å²) in [5.74, 6) is -0.668. The molecule has 43 heavy (non-hydrogen) atoms. The zero-order chi connectivity index (χ0) is 31.8. The Hall–Kier alpha value is -2.96. The minimum atomic E-state index is -4.39. The van der Waals surface area contributed by atoms with E-state index in [1.165, 1.54) is 35.6 Å². The summed E-state index contributed by atoms with van der Waals surface area (Å²) in [7, 11) is 0. The molecule has 232 valence electrons. The molecule has 0 fully saturated rings. The van der Waals surface area contributed by atoms with Gasteiger partial charge in [-0.2, -0.15) is 26.3 Å². The molecule has 4 nitrogen and oxygen atoms in total. The van der Waals surface area contributed by atoms with E-state index < -0.39 is 29.4 Å². The molecule has 0 unspecified atom stereocenters. The number of carbonyl (C=O) groups is 1. The Morgan fingerprint density at radius 3 is 1.56 bits per heavy atom. The van der Waals surface area contributed by atoms with E-state index in [0.717, 1.165) is 83.3 Å². The van der Waals surface area contributed by atoms with Crippen molar-refractivity contribution < 1.29 is 36.2 Å². The summed E-state index contributed by atoms with van der Waals surface area (Å²) in [4.78, 5) is 21.2. The van der Waals surface area contributed by atoms with Gasteiger partial charge in [0.25, 0.3) is 0 Å².